The van der Waals surface area contributed by atoms with Crippen LogP contribution < -0.4 is 10.5 Å². The van der Waals surface area contributed by atoms with Crippen molar-refractivity contribution < 1.29 is 12.8 Å². The van der Waals surface area contributed by atoms with E-state index in [0.717, 1.165) is 44.6 Å². The van der Waals surface area contributed by atoms with Crippen molar-refractivity contribution >= 4 is 27.3 Å². The standard InChI is InChI=1S/C14H20ClFN2O2S/c15-12-8-10(17)9-13(14(12)16)21(19,20)18-11-6-4-2-1-3-5-7-11/h8-9,11,18H,1-7,17H2. The van der Waals surface area contributed by atoms with E-state index in [2.05, 4.69) is 4.72 Å². The zero-order valence-electron chi connectivity index (χ0n) is 11.7. The fourth-order valence-corrected chi connectivity index (χ4v) is 4.36. The van der Waals surface area contributed by atoms with Gasteiger partial charge < -0.3 is 5.73 Å². The van der Waals surface area contributed by atoms with E-state index in [9.17, 15) is 12.8 Å². The molecule has 0 radical (unpaired) electrons. The van der Waals surface area contributed by atoms with Gasteiger partial charge in [0.1, 0.15) is 4.90 Å². The first kappa shape index (κ1) is 16.5. The summed E-state index contributed by atoms with van der Waals surface area (Å²) in [7, 11) is -3.95. The summed E-state index contributed by atoms with van der Waals surface area (Å²) >= 11 is 5.67. The minimum Gasteiger partial charge on any atom is -0.399 e. The molecule has 0 heterocycles. The van der Waals surface area contributed by atoms with Crippen molar-refractivity contribution in [3.8, 4) is 0 Å². The van der Waals surface area contributed by atoms with Crippen LogP contribution in [0.4, 0.5) is 10.1 Å². The summed E-state index contributed by atoms with van der Waals surface area (Å²) in [5.41, 5.74) is 5.68. The Morgan fingerprint density at radius 2 is 1.71 bits per heavy atom. The van der Waals surface area contributed by atoms with Gasteiger partial charge in [0.15, 0.2) is 5.82 Å². The predicted molar refractivity (Wildman–Crippen MR) is 82.3 cm³/mol. The van der Waals surface area contributed by atoms with Gasteiger partial charge in [-0.05, 0) is 25.0 Å². The second kappa shape index (κ2) is 6.94. The number of nitrogens with two attached hydrogens (primary N) is 1. The predicted octanol–water partition coefficient (Wildman–Crippen LogP) is 3.45. The van der Waals surface area contributed by atoms with Crippen LogP contribution in [-0.2, 0) is 10.0 Å². The van der Waals surface area contributed by atoms with Crippen LogP contribution in [0.1, 0.15) is 44.9 Å². The Morgan fingerprint density at radius 3 is 2.33 bits per heavy atom. The van der Waals surface area contributed by atoms with Crippen molar-refractivity contribution in [1.82, 2.24) is 4.72 Å². The Morgan fingerprint density at radius 1 is 1.14 bits per heavy atom. The van der Waals surface area contributed by atoms with Crippen LogP contribution in [0, 0.1) is 5.82 Å². The molecule has 1 aromatic carbocycles. The maximum Gasteiger partial charge on any atom is 0.243 e. The van der Waals surface area contributed by atoms with Gasteiger partial charge in [0, 0.05) is 11.7 Å². The molecule has 3 N–H and O–H groups in total. The molecule has 0 amide bonds. The molecule has 0 spiro atoms. The van der Waals surface area contributed by atoms with Gasteiger partial charge in [-0.2, -0.15) is 0 Å². The Hall–Kier alpha value is -0.850. The lowest BCUT2D eigenvalue weighted by Gasteiger charge is -2.21. The van der Waals surface area contributed by atoms with Crippen LogP contribution in [0.3, 0.4) is 0 Å². The number of hydrogen-bond donors (Lipinski definition) is 2. The van der Waals surface area contributed by atoms with E-state index in [1.165, 1.54) is 12.5 Å². The van der Waals surface area contributed by atoms with E-state index in [1.54, 1.807) is 0 Å². The van der Waals surface area contributed by atoms with Crippen molar-refractivity contribution in [3.63, 3.8) is 0 Å². The maximum absolute atomic E-state index is 14.0. The molecule has 118 valence electrons. The zero-order chi connectivity index (χ0) is 15.5. The molecule has 0 saturated heterocycles. The molecule has 1 aromatic rings. The Kier molecular flexibility index (Phi) is 5.46. The van der Waals surface area contributed by atoms with Gasteiger partial charge in [-0.1, -0.05) is 43.7 Å². The minimum atomic E-state index is -3.95. The second-order valence-corrected chi connectivity index (χ2v) is 7.57. The smallest absolute Gasteiger partial charge is 0.243 e. The van der Waals surface area contributed by atoms with Crippen molar-refractivity contribution in [2.45, 2.75) is 55.9 Å². The highest BCUT2D eigenvalue weighted by molar-refractivity contribution is 7.89. The van der Waals surface area contributed by atoms with Gasteiger partial charge >= 0.3 is 0 Å². The first-order valence-corrected chi connectivity index (χ1v) is 9.03. The number of hydrogen-bond acceptors (Lipinski definition) is 3. The largest absolute Gasteiger partial charge is 0.399 e. The van der Waals surface area contributed by atoms with Gasteiger partial charge in [0.05, 0.1) is 5.02 Å². The Labute approximate surface area is 129 Å². The van der Waals surface area contributed by atoms with Gasteiger partial charge in [-0.25, -0.2) is 17.5 Å². The monoisotopic (exact) mass is 334 g/mol. The number of rotatable bonds is 3. The highest BCUT2D eigenvalue weighted by Gasteiger charge is 2.25. The molecule has 1 saturated carbocycles. The van der Waals surface area contributed by atoms with Crippen LogP contribution in [0.25, 0.3) is 0 Å². The van der Waals surface area contributed by atoms with E-state index in [-0.39, 0.29) is 16.8 Å². The first-order valence-electron chi connectivity index (χ1n) is 7.17. The summed E-state index contributed by atoms with van der Waals surface area (Å²) in [5, 5.41) is -0.284. The summed E-state index contributed by atoms with van der Waals surface area (Å²) in [4.78, 5) is -0.477. The molecular weight excluding hydrogens is 315 g/mol. The normalized spacial score (nSPS) is 18.2. The van der Waals surface area contributed by atoms with Gasteiger partial charge in [0.25, 0.3) is 0 Å². The summed E-state index contributed by atoms with van der Waals surface area (Å²) in [6, 6.07) is 2.15. The lowest BCUT2D eigenvalue weighted by Crippen LogP contribution is -2.35. The summed E-state index contributed by atoms with van der Waals surface area (Å²) in [6.07, 6.45) is 6.92. The summed E-state index contributed by atoms with van der Waals surface area (Å²) < 4.78 is 41.3. The average molecular weight is 335 g/mol. The van der Waals surface area contributed by atoms with Crippen LogP contribution in [0.15, 0.2) is 17.0 Å². The lowest BCUT2D eigenvalue weighted by atomic mass is 9.97. The molecule has 1 fully saturated rings. The third-order valence-corrected chi connectivity index (χ3v) is 5.53. The quantitative estimate of drug-likeness (QED) is 0.831. The molecule has 0 atom stereocenters. The molecule has 0 unspecified atom stereocenters. The lowest BCUT2D eigenvalue weighted by molar-refractivity contribution is 0.425. The fourth-order valence-electron chi connectivity index (χ4n) is 2.64. The van der Waals surface area contributed by atoms with E-state index in [0.29, 0.717) is 0 Å². The molecule has 0 bridgehead atoms. The summed E-state index contributed by atoms with van der Waals surface area (Å²) in [6.45, 7) is 0. The van der Waals surface area contributed by atoms with Crippen molar-refractivity contribution in [1.29, 1.82) is 0 Å². The minimum absolute atomic E-state index is 0.124. The van der Waals surface area contributed by atoms with Gasteiger partial charge in [-0.3, -0.25) is 0 Å². The molecule has 4 nitrogen and oxygen atoms in total. The molecule has 7 heteroatoms. The number of halogens is 2. The maximum atomic E-state index is 14.0. The second-order valence-electron chi connectivity index (χ2n) is 5.48. The molecular formula is C14H20ClFN2O2S. The number of anilines is 1. The molecule has 1 aliphatic carbocycles. The highest BCUT2D eigenvalue weighted by atomic mass is 35.5. The van der Waals surface area contributed by atoms with E-state index >= 15 is 0 Å². The van der Waals surface area contributed by atoms with Crippen molar-refractivity contribution in [2.75, 3.05) is 5.73 Å². The zero-order valence-corrected chi connectivity index (χ0v) is 13.3. The third kappa shape index (κ3) is 4.31. The Bertz CT molecular complexity index is 599. The van der Waals surface area contributed by atoms with Crippen molar-refractivity contribution in [3.05, 3.63) is 23.0 Å². The fraction of sp³-hybridized carbons (Fsp3) is 0.571. The molecule has 21 heavy (non-hydrogen) atoms. The van der Waals surface area contributed by atoms with E-state index < -0.39 is 20.7 Å². The average Bonchev–Trinajstić information content (AvgIpc) is 2.36. The van der Waals surface area contributed by atoms with Crippen LogP contribution in [-0.4, -0.2) is 14.5 Å². The van der Waals surface area contributed by atoms with Crippen molar-refractivity contribution in [2.24, 2.45) is 0 Å². The number of nitrogen functional groups attached to an aromatic ring is 1. The van der Waals surface area contributed by atoms with Gasteiger partial charge in [0.2, 0.25) is 10.0 Å². The first-order chi connectivity index (χ1) is 9.90. The van der Waals surface area contributed by atoms with Crippen LogP contribution >= 0.6 is 11.6 Å². The third-order valence-electron chi connectivity index (χ3n) is 3.73. The number of sulfonamides is 1. The van der Waals surface area contributed by atoms with E-state index in [1.807, 2.05) is 0 Å². The van der Waals surface area contributed by atoms with Gasteiger partial charge in [-0.15, -0.1) is 0 Å². The van der Waals surface area contributed by atoms with Crippen LogP contribution in [0.2, 0.25) is 5.02 Å². The summed E-state index contributed by atoms with van der Waals surface area (Å²) in [5.74, 6) is -0.954. The number of nitrogens with one attached hydrogen (secondary N) is 1. The number of benzene rings is 1. The SMILES string of the molecule is Nc1cc(Cl)c(F)c(S(=O)(=O)NC2CCCCCCC2)c1. The highest BCUT2D eigenvalue weighted by Crippen LogP contribution is 2.26. The van der Waals surface area contributed by atoms with Crippen LogP contribution in [0.5, 0.6) is 0 Å². The Balaban J connectivity index is 2.21. The molecule has 1 aliphatic rings. The topological polar surface area (TPSA) is 72.2 Å². The van der Waals surface area contributed by atoms with E-state index in [4.69, 9.17) is 17.3 Å². The molecule has 2 rings (SSSR count). The molecule has 0 aliphatic heterocycles. The molecule has 0 aromatic heterocycles.